The molecule has 2 fully saturated rings. The van der Waals surface area contributed by atoms with Gasteiger partial charge < -0.3 is 14.3 Å². The molecule has 1 aliphatic carbocycles. The van der Waals surface area contributed by atoms with E-state index in [0.29, 0.717) is 12.5 Å². The lowest BCUT2D eigenvalue weighted by molar-refractivity contribution is -0.138. The number of aromatic nitrogens is 1. The summed E-state index contributed by atoms with van der Waals surface area (Å²) >= 11 is 1.98. The van der Waals surface area contributed by atoms with Crippen LogP contribution in [0.1, 0.15) is 51.5 Å². The molecule has 2 aliphatic rings. The molecule has 1 saturated carbocycles. The molecule has 5 nitrogen and oxygen atoms in total. The van der Waals surface area contributed by atoms with Crippen LogP contribution in [0.4, 0.5) is 5.88 Å². The third kappa shape index (κ3) is 4.53. The molecule has 1 amide bonds. The van der Waals surface area contributed by atoms with Gasteiger partial charge in [-0.1, -0.05) is 55.3 Å². The summed E-state index contributed by atoms with van der Waals surface area (Å²) in [6.45, 7) is 6.81. The Morgan fingerprint density at radius 1 is 1.23 bits per heavy atom. The summed E-state index contributed by atoms with van der Waals surface area (Å²) in [4.78, 5) is 17.9. The molecule has 30 heavy (non-hydrogen) atoms. The van der Waals surface area contributed by atoms with Crippen molar-refractivity contribution in [3.05, 3.63) is 35.9 Å². The van der Waals surface area contributed by atoms with Crippen LogP contribution in [0.5, 0.6) is 0 Å². The SMILES string of the molecule is CCC(C)N(Cc1c(-c2ccccc2)noc1N1CCSCC1)C(=O)C1CCCC1. The van der Waals surface area contributed by atoms with Crippen molar-refractivity contribution in [3.63, 3.8) is 0 Å². The van der Waals surface area contributed by atoms with Crippen LogP contribution in [0.25, 0.3) is 11.3 Å². The van der Waals surface area contributed by atoms with Crippen molar-refractivity contribution in [2.75, 3.05) is 29.5 Å². The molecule has 6 heteroatoms. The van der Waals surface area contributed by atoms with Gasteiger partial charge in [0.1, 0.15) is 5.69 Å². The largest absolute Gasteiger partial charge is 0.339 e. The molecule has 1 aromatic carbocycles. The summed E-state index contributed by atoms with van der Waals surface area (Å²) in [5.74, 6) is 3.52. The predicted octanol–water partition coefficient (Wildman–Crippen LogP) is 5.21. The number of carbonyl (C=O) groups is 1. The summed E-state index contributed by atoms with van der Waals surface area (Å²) in [6.07, 6.45) is 5.34. The van der Waals surface area contributed by atoms with Gasteiger partial charge in [-0.05, 0) is 26.2 Å². The first kappa shape index (κ1) is 21.3. The van der Waals surface area contributed by atoms with Crippen LogP contribution in [0.2, 0.25) is 0 Å². The van der Waals surface area contributed by atoms with Crippen LogP contribution in [0.3, 0.4) is 0 Å². The number of hydrogen-bond acceptors (Lipinski definition) is 5. The fraction of sp³-hybridized carbons (Fsp3) is 0.583. The topological polar surface area (TPSA) is 49.6 Å². The van der Waals surface area contributed by atoms with Gasteiger partial charge in [0.05, 0.1) is 12.1 Å². The maximum absolute atomic E-state index is 13.5. The minimum Gasteiger partial charge on any atom is -0.339 e. The van der Waals surface area contributed by atoms with Crippen LogP contribution in [-0.2, 0) is 11.3 Å². The Morgan fingerprint density at radius 2 is 1.93 bits per heavy atom. The molecular formula is C24H33N3O2S. The van der Waals surface area contributed by atoms with E-state index in [-0.39, 0.29) is 12.0 Å². The standard InChI is InChI=1S/C24H33N3O2S/c1-3-18(2)27(23(28)20-11-7-8-12-20)17-21-22(19-9-5-4-6-10-19)25-29-24(21)26-13-15-30-16-14-26/h4-6,9-10,18,20H,3,7-8,11-17H2,1-2H3. The fourth-order valence-corrected chi connectivity index (χ4v) is 5.43. The molecule has 0 bridgehead atoms. The van der Waals surface area contributed by atoms with Crippen LogP contribution >= 0.6 is 11.8 Å². The Kier molecular flexibility index (Phi) is 7.03. The smallest absolute Gasteiger partial charge is 0.232 e. The van der Waals surface area contributed by atoms with Crippen molar-refractivity contribution in [1.82, 2.24) is 10.1 Å². The zero-order valence-electron chi connectivity index (χ0n) is 18.2. The average Bonchev–Trinajstić information content (AvgIpc) is 3.48. The van der Waals surface area contributed by atoms with Gasteiger partial charge in [0.15, 0.2) is 0 Å². The van der Waals surface area contributed by atoms with Crippen molar-refractivity contribution in [1.29, 1.82) is 0 Å². The van der Waals surface area contributed by atoms with E-state index in [1.165, 1.54) is 12.8 Å². The van der Waals surface area contributed by atoms with E-state index in [9.17, 15) is 4.79 Å². The molecule has 1 unspecified atom stereocenters. The molecule has 1 atom stereocenters. The first-order chi connectivity index (χ1) is 14.7. The zero-order chi connectivity index (χ0) is 20.9. The van der Waals surface area contributed by atoms with Crippen LogP contribution in [-0.4, -0.2) is 46.6 Å². The maximum Gasteiger partial charge on any atom is 0.232 e. The Hall–Kier alpha value is -1.95. The van der Waals surface area contributed by atoms with Crippen molar-refractivity contribution in [3.8, 4) is 11.3 Å². The highest BCUT2D eigenvalue weighted by atomic mass is 32.2. The summed E-state index contributed by atoms with van der Waals surface area (Å²) in [7, 11) is 0. The van der Waals surface area contributed by atoms with Gasteiger partial charge in [0.25, 0.3) is 0 Å². The van der Waals surface area contributed by atoms with Crippen LogP contribution in [0.15, 0.2) is 34.9 Å². The summed E-state index contributed by atoms with van der Waals surface area (Å²) in [6, 6.07) is 10.4. The Morgan fingerprint density at radius 3 is 2.60 bits per heavy atom. The number of nitrogens with zero attached hydrogens (tertiary/aromatic N) is 3. The normalized spacial score (nSPS) is 18.5. The number of amides is 1. The Bertz CT molecular complexity index is 826. The summed E-state index contributed by atoms with van der Waals surface area (Å²) in [5, 5.41) is 4.50. The van der Waals surface area contributed by atoms with Gasteiger partial charge in [0, 0.05) is 42.1 Å². The van der Waals surface area contributed by atoms with Crippen molar-refractivity contribution >= 4 is 23.6 Å². The quantitative estimate of drug-likeness (QED) is 0.607. The van der Waals surface area contributed by atoms with Crippen LogP contribution in [0, 0.1) is 5.92 Å². The average molecular weight is 428 g/mol. The molecule has 1 aliphatic heterocycles. The number of thioether (sulfide) groups is 1. The van der Waals surface area contributed by atoms with Gasteiger partial charge in [-0.3, -0.25) is 4.79 Å². The van der Waals surface area contributed by atoms with E-state index in [4.69, 9.17) is 4.52 Å². The minimum absolute atomic E-state index is 0.175. The Labute approximate surface area is 184 Å². The summed E-state index contributed by atoms with van der Waals surface area (Å²) in [5.41, 5.74) is 2.97. The molecule has 162 valence electrons. The second-order valence-corrected chi connectivity index (χ2v) is 9.71. The molecule has 4 rings (SSSR count). The first-order valence-corrected chi connectivity index (χ1v) is 12.5. The van der Waals surface area contributed by atoms with Crippen molar-refractivity contribution in [2.45, 2.75) is 58.5 Å². The van der Waals surface area contributed by atoms with E-state index in [0.717, 1.165) is 66.6 Å². The van der Waals surface area contributed by atoms with Crippen LogP contribution < -0.4 is 4.90 Å². The maximum atomic E-state index is 13.5. The van der Waals surface area contributed by atoms with Gasteiger partial charge in [-0.25, -0.2) is 0 Å². The van der Waals surface area contributed by atoms with Gasteiger partial charge in [-0.2, -0.15) is 11.8 Å². The summed E-state index contributed by atoms with van der Waals surface area (Å²) < 4.78 is 5.94. The second kappa shape index (κ2) is 9.90. The molecule has 0 spiro atoms. The molecule has 1 aromatic heterocycles. The highest BCUT2D eigenvalue weighted by Gasteiger charge is 2.33. The molecular weight excluding hydrogens is 394 g/mol. The third-order valence-corrected chi connectivity index (χ3v) is 7.49. The molecule has 0 N–H and O–H groups in total. The van der Waals surface area contributed by atoms with E-state index < -0.39 is 0 Å². The first-order valence-electron chi connectivity index (χ1n) is 11.4. The third-order valence-electron chi connectivity index (χ3n) is 6.55. The van der Waals surface area contributed by atoms with Crippen molar-refractivity contribution in [2.24, 2.45) is 5.92 Å². The minimum atomic E-state index is 0.175. The van der Waals surface area contributed by atoms with Gasteiger partial charge >= 0.3 is 0 Å². The lowest BCUT2D eigenvalue weighted by Crippen LogP contribution is -2.41. The lowest BCUT2D eigenvalue weighted by atomic mass is 10.0. The number of anilines is 1. The Balaban J connectivity index is 1.70. The van der Waals surface area contributed by atoms with Gasteiger partial charge in [-0.15, -0.1) is 0 Å². The molecule has 2 heterocycles. The van der Waals surface area contributed by atoms with E-state index >= 15 is 0 Å². The van der Waals surface area contributed by atoms with Crippen molar-refractivity contribution < 1.29 is 9.32 Å². The number of carbonyl (C=O) groups excluding carboxylic acids is 1. The zero-order valence-corrected chi connectivity index (χ0v) is 19.0. The lowest BCUT2D eigenvalue weighted by Gasteiger charge is -2.32. The van der Waals surface area contributed by atoms with E-state index in [1.807, 2.05) is 30.0 Å². The monoisotopic (exact) mass is 427 g/mol. The number of hydrogen-bond donors (Lipinski definition) is 0. The molecule has 0 radical (unpaired) electrons. The van der Waals surface area contributed by atoms with Gasteiger partial charge in [0.2, 0.25) is 11.8 Å². The number of rotatable bonds is 7. The second-order valence-electron chi connectivity index (χ2n) is 8.49. The number of benzene rings is 1. The predicted molar refractivity (Wildman–Crippen MR) is 124 cm³/mol. The fourth-order valence-electron chi connectivity index (χ4n) is 4.53. The molecule has 1 saturated heterocycles. The molecule has 2 aromatic rings. The van der Waals surface area contributed by atoms with E-state index in [2.05, 4.69) is 40.9 Å². The van der Waals surface area contributed by atoms with E-state index in [1.54, 1.807) is 0 Å². The highest BCUT2D eigenvalue weighted by molar-refractivity contribution is 7.99. The highest BCUT2D eigenvalue weighted by Crippen LogP contribution is 2.35.